The molecule has 1 heterocycles. The molecule has 0 atom stereocenters. The van der Waals surface area contributed by atoms with Crippen molar-refractivity contribution in [2.45, 2.75) is 6.92 Å². The Hall–Kier alpha value is -0.790. The molecule has 0 radical (unpaired) electrons. The Bertz CT molecular complexity index is 466. The Kier molecular flexibility index (Phi) is 2.14. The maximum absolute atomic E-state index is 6.01. The van der Waals surface area contributed by atoms with Crippen LogP contribution in [-0.4, -0.2) is 4.98 Å². The van der Waals surface area contributed by atoms with Crippen LogP contribution in [0.2, 0.25) is 10.0 Å². The number of benzene rings is 1. The minimum atomic E-state index is 0.650. The van der Waals surface area contributed by atoms with E-state index in [4.69, 9.17) is 23.2 Å². The molecule has 1 aromatic carbocycles. The number of halogens is 2. The van der Waals surface area contributed by atoms with Gasteiger partial charge in [-0.25, -0.2) is 0 Å². The second-order valence-corrected chi connectivity index (χ2v) is 3.75. The van der Waals surface area contributed by atoms with Crippen molar-refractivity contribution in [2.24, 2.45) is 0 Å². The Morgan fingerprint density at radius 1 is 1.15 bits per heavy atom. The van der Waals surface area contributed by atoms with Crippen LogP contribution in [0, 0.1) is 6.92 Å². The lowest BCUT2D eigenvalue weighted by atomic mass is 10.1. The van der Waals surface area contributed by atoms with Crippen LogP contribution in [0.5, 0.6) is 0 Å². The van der Waals surface area contributed by atoms with E-state index in [0.717, 1.165) is 16.5 Å². The Balaban J connectivity index is 2.94. The van der Waals surface area contributed by atoms with Crippen molar-refractivity contribution in [3.8, 4) is 0 Å². The van der Waals surface area contributed by atoms with Gasteiger partial charge >= 0.3 is 0 Å². The molecule has 66 valence electrons. The maximum atomic E-state index is 6.01. The molecule has 2 aromatic rings. The molecule has 0 spiro atoms. The number of pyridine rings is 1. The largest absolute Gasteiger partial charge is 0.255 e. The van der Waals surface area contributed by atoms with Crippen LogP contribution in [0.3, 0.4) is 0 Å². The molecule has 0 bridgehead atoms. The van der Waals surface area contributed by atoms with Gasteiger partial charge in [-0.1, -0.05) is 23.2 Å². The van der Waals surface area contributed by atoms with E-state index in [1.54, 1.807) is 12.3 Å². The highest BCUT2D eigenvalue weighted by Crippen LogP contribution is 2.28. The molecule has 0 aliphatic carbocycles. The lowest BCUT2D eigenvalue weighted by molar-refractivity contribution is 1.39. The molecule has 0 aliphatic heterocycles. The average Bonchev–Trinajstić information content (AvgIpc) is 2.07. The number of aryl methyl sites for hydroxylation is 1. The summed E-state index contributed by atoms with van der Waals surface area (Å²) in [5.41, 5.74) is 1.85. The molecule has 0 aliphatic rings. The monoisotopic (exact) mass is 211 g/mol. The molecule has 0 saturated heterocycles. The van der Waals surface area contributed by atoms with Gasteiger partial charge in [-0.15, -0.1) is 0 Å². The third-order valence-electron chi connectivity index (χ3n) is 1.89. The number of fused-ring (bicyclic) bond motifs is 1. The molecule has 0 saturated carbocycles. The first kappa shape index (κ1) is 8.79. The summed E-state index contributed by atoms with van der Waals surface area (Å²) in [6, 6.07) is 5.63. The van der Waals surface area contributed by atoms with Crippen molar-refractivity contribution in [3.63, 3.8) is 0 Å². The van der Waals surface area contributed by atoms with Crippen LogP contribution >= 0.6 is 23.2 Å². The highest BCUT2D eigenvalue weighted by molar-refractivity contribution is 6.39. The van der Waals surface area contributed by atoms with Crippen LogP contribution < -0.4 is 0 Å². The van der Waals surface area contributed by atoms with E-state index in [9.17, 15) is 0 Å². The summed E-state index contributed by atoms with van der Waals surface area (Å²) < 4.78 is 0. The molecule has 13 heavy (non-hydrogen) atoms. The number of rotatable bonds is 0. The van der Waals surface area contributed by atoms with Crippen molar-refractivity contribution in [1.82, 2.24) is 4.98 Å². The molecular weight excluding hydrogens is 205 g/mol. The highest BCUT2D eigenvalue weighted by Gasteiger charge is 2.04. The first-order chi connectivity index (χ1) is 6.18. The zero-order chi connectivity index (χ0) is 9.42. The topological polar surface area (TPSA) is 12.9 Å². The molecular formula is C10H7Cl2N. The van der Waals surface area contributed by atoms with E-state index in [1.165, 1.54) is 0 Å². The molecule has 0 fully saturated rings. The summed E-state index contributed by atoms with van der Waals surface area (Å²) in [6.45, 7) is 1.98. The summed E-state index contributed by atoms with van der Waals surface area (Å²) in [5.74, 6) is 0. The lowest BCUT2D eigenvalue weighted by Crippen LogP contribution is -1.82. The normalized spacial score (nSPS) is 10.7. The van der Waals surface area contributed by atoms with Gasteiger partial charge in [0.2, 0.25) is 0 Å². The van der Waals surface area contributed by atoms with Crippen molar-refractivity contribution < 1.29 is 0 Å². The predicted octanol–water partition coefficient (Wildman–Crippen LogP) is 3.85. The van der Waals surface area contributed by atoms with Crippen molar-refractivity contribution >= 4 is 34.1 Å². The first-order valence-electron chi connectivity index (χ1n) is 3.89. The third kappa shape index (κ3) is 1.50. The minimum absolute atomic E-state index is 0.650. The Morgan fingerprint density at radius 3 is 2.69 bits per heavy atom. The van der Waals surface area contributed by atoms with Gasteiger partial charge in [-0.3, -0.25) is 4.98 Å². The van der Waals surface area contributed by atoms with Crippen molar-refractivity contribution in [3.05, 3.63) is 40.0 Å². The van der Waals surface area contributed by atoms with E-state index < -0.39 is 0 Å². The maximum Gasteiger partial charge on any atom is 0.0903 e. The standard InChI is InChI=1S/C10H7Cl2N/c1-6-4-7-8(11)2-3-13-10(7)9(12)5-6/h2-5H,1H3. The van der Waals surface area contributed by atoms with E-state index in [1.807, 2.05) is 19.1 Å². The first-order valence-corrected chi connectivity index (χ1v) is 4.64. The van der Waals surface area contributed by atoms with Gasteiger partial charge in [0.15, 0.2) is 0 Å². The number of aromatic nitrogens is 1. The lowest BCUT2D eigenvalue weighted by Gasteiger charge is -2.02. The zero-order valence-electron chi connectivity index (χ0n) is 7.01. The van der Waals surface area contributed by atoms with Gasteiger partial charge in [0.1, 0.15) is 0 Å². The number of hydrogen-bond acceptors (Lipinski definition) is 1. The molecule has 2 rings (SSSR count). The van der Waals surface area contributed by atoms with Crippen LogP contribution in [-0.2, 0) is 0 Å². The van der Waals surface area contributed by atoms with Crippen LogP contribution in [0.15, 0.2) is 24.4 Å². The highest BCUT2D eigenvalue weighted by atomic mass is 35.5. The van der Waals surface area contributed by atoms with Crippen molar-refractivity contribution in [1.29, 1.82) is 0 Å². The van der Waals surface area contributed by atoms with Gasteiger partial charge in [-0.05, 0) is 30.7 Å². The van der Waals surface area contributed by atoms with E-state index in [0.29, 0.717) is 10.0 Å². The van der Waals surface area contributed by atoms with Crippen molar-refractivity contribution in [2.75, 3.05) is 0 Å². The second-order valence-electron chi connectivity index (χ2n) is 2.94. The molecule has 1 aromatic heterocycles. The van der Waals surface area contributed by atoms with E-state index in [2.05, 4.69) is 4.98 Å². The molecule has 1 nitrogen and oxygen atoms in total. The van der Waals surface area contributed by atoms with Gasteiger partial charge in [0.05, 0.1) is 15.6 Å². The van der Waals surface area contributed by atoms with Crippen LogP contribution in [0.4, 0.5) is 0 Å². The van der Waals surface area contributed by atoms with Crippen LogP contribution in [0.25, 0.3) is 10.9 Å². The Morgan fingerprint density at radius 2 is 1.92 bits per heavy atom. The summed E-state index contributed by atoms with van der Waals surface area (Å²) in [4.78, 5) is 4.17. The second kappa shape index (κ2) is 3.17. The fourth-order valence-electron chi connectivity index (χ4n) is 1.31. The fraction of sp³-hybridized carbons (Fsp3) is 0.100. The fourth-order valence-corrected chi connectivity index (χ4v) is 1.84. The molecule has 3 heteroatoms. The molecule has 0 N–H and O–H groups in total. The van der Waals surface area contributed by atoms with Crippen LogP contribution in [0.1, 0.15) is 5.56 Å². The number of nitrogens with zero attached hydrogens (tertiary/aromatic N) is 1. The third-order valence-corrected chi connectivity index (χ3v) is 2.51. The summed E-state index contributed by atoms with van der Waals surface area (Å²) in [5, 5.41) is 2.25. The average molecular weight is 212 g/mol. The van der Waals surface area contributed by atoms with E-state index in [-0.39, 0.29) is 0 Å². The number of hydrogen-bond donors (Lipinski definition) is 0. The predicted molar refractivity (Wildman–Crippen MR) is 56.5 cm³/mol. The smallest absolute Gasteiger partial charge is 0.0903 e. The summed E-state index contributed by atoms with van der Waals surface area (Å²) in [6.07, 6.45) is 1.66. The van der Waals surface area contributed by atoms with Gasteiger partial charge < -0.3 is 0 Å². The SMILES string of the molecule is Cc1cc(Cl)c2nccc(Cl)c2c1. The minimum Gasteiger partial charge on any atom is -0.255 e. The quantitative estimate of drug-likeness (QED) is 0.646. The summed E-state index contributed by atoms with van der Waals surface area (Å²) >= 11 is 12.0. The van der Waals surface area contributed by atoms with Gasteiger partial charge in [-0.2, -0.15) is 0 Å². The van der Waals surface area contributed by atoms with Gasteiger partial charge in [0, 0.05) is 11.6 Å². The zero-order valence-corrected chi connectivity index (χ0v) is 8.52. The molecule has 0 unspecified atom stereocenters. The summed E-state index contributed by atoms with van der Waals surface area (Å²) in [7, 11) is 0. The van der Waals surface area contributed by atoms with Gasteiger partial charge in [0.25, 0.3) is 0 Å². The van der Waals surface area contributed by atoms with E-state index >= 15 is 0 Å². The Labute approximate surface area is 86.3 Å². The molecule has 0 amide bonds.